The van der Waals surface area contributed by atoms with Crippen LogP contribution >= 0.6 is 0 Å². The number of nitrogens with zero attached hydrogens (tertiary/aromatic N) is 3. The Morgan fingerprint density at radius 3 is 2.38 bits per heavy atom. The minimum Gasteiger partial charge on any atom is -0.360 e. The molecule has 0 radical (unpaired) electrons. The number of sulfonamides is 1. The minimum absolute atomic E-state index is 0.0753. The summed E-state index contributed by atoms with van der Waals surface area (Å²) in [4.78, 5) is 8.60. The van der Waals surface area contributed by atoms with Crippen LogP contribution < -0.4 is 4.90 Å². The average Bonchev–Trinajstić information content (AvgIpc) is 3.20. The summed E-state index contributed by atoms with van der Waals surface area (Å²) < 4.78 is 109. The largest absolute Gasteiger partial charge is 0.511 e. The number of H-pyrrole nitrogens is 1. The first-order valence-corrected chi connectivity index (χ1v) is 13.0. The number of alkyl halides is 6. The molecule has 1 saturated carbocycles. The zero-order valence-electron chi connectivity index (χ0n) is 20.3. The molecule has 202 valence electrons. The molecule has 0 spiro atoms. The first-order chi connectivity index (χ1) is 17.1. The monoisotopic (exact) mass is 548 g/mol. The van der Waals surface area contributed by atoms with Crippen molar-refractivity contribution in [1.82, 2.24) is 14.3 Å². The summed E-state index contributed by atoms with van der Waals surface area (Å²) in [6, 6.07) is 1.30. The molecule has 37 heavy (non-hydrogen) atoms. The summed E-state index contributed by atoms with van der Waals surface area (Å²) in [6.07, 6.45) is -0.688. The van der Waals surface area contributed by atoms with Crippen molar-refractivity contribution in [2.24, 2.45) is 11.3 Å². The van der Waals surface area contributed by atoms with Gasteiger partial charge >= 0.3 is 21.7 Å². The lowest BCUT2D eigenvalue weighted by Crippen LogP contribution is -2.57. The van der Waals surface area contributed by atoms with Gasteiger partial charge in [-0.05, 0) is 43.2 Å². The fourth-order valence-electron chi connectivity index (χ4n) is 5.75. The van der Waals surface area contributed by atoms with Crippen molar-refractivity contribution in [1.29, 1.82) is 0 Å². The van der Waals surface area contributed by atoms with Crippen LogP contribution in [0.4, 0.5) is 32.0 Å². The van der Waals surface area contributed by atoms with Crippen LogP contribution in [0.1, 0.15) is 56.0 Å². The number of rotatable bonds is 4. The maximum Gasteiger partial charge on any atom is 0.511 e. The van der Waals surface area contributed by atoms with E-state index in [1.54, 1.807) is 4.90 Å². The fraction of sp³-hybridized carbons (Fsp3) is 0.542. The molecular weight excluding hydrogens is 522 g/mol. The Hall–Kier alpha value is -2.72. The highest BCUT2D eigenvalue weighted by atomic mass is 32.2. The Bertz CT molecular complexity index is 1320. The van der Waals surface area contributed by atoms with Gasteiger partial charge in [0.15, 0.2) is 0 Å². The van der Waals surface area contributed by atoms with Gasteiger partial charge in [-0.1, -0.05) is 19.8 Å². The molecule has 1 aromatic heterocycles. The Kier molecular flexibility index (Phi) is 6.82. The molecule has 0 bridgehead atoms. The first kappa shape index (κ1) is 27.3. The zero-order chi connectivity index (χ0) is 27.4. The molecule has 1 atom stereocenters. The lowest BCUT2D eigenvalue weighted by molar-refractivity contribution is -0.137. The normalized spacial score (nSPS) is 25.1. The summed E-state index contributed by atoms with van der Waals surface area (Å²) in [5.74, 6) is 5.07. The third-order valence-corrected chi connectivity index (χ3v) is 8.75. The standard InChI is InChI=1S/C24H26F6N4O2S/c1-4-5-17-18-12-33(37(35,36)24(28,29)30)13-21(22(3)8-15(2)9-22)34(11-16-10-31-14-32-16)20(18)7-6-19(17)23(25,26)27/h6-7,10,14-15,21H,8-9,11-13H2,1-3H3,(H,31,32). The van der Waals surface area contributed by atoms with Gasteiger partial charge in [0.25, 0.3) is 0 Å². The molecule has 1 aromatic carbocycles. The van der Waals surface area contributed by atoms with Crippen LogP contribution in [0.3, 0.4) is 0 Å². The molecular formula is C24H26F6N4O2S. The second kappa shape index (κ2) is 9.23. The van der Waals surface area contributed by atoms with Gasteiger partial charge in [0, 0.05) is 42.1 Å². The van der Waals surface area contributed by atoms with Gasteiger partial charge in [0.05, 0.1) is 24.1 Å². The summed E-state index contributed by atoms with van der Waals surface area (Å²) in [5, 5.41) is 0. The molecule has 1 N–H and O–H groups in total. The van der Waals surface area contributed by atoms with Crippen molar-refractivity contribution >= 4 is 15.7 Å². The van der Waals surface area contributed by atoms with Crippen LogP contribution in [0.5, 0.6) is 0 Å². The molecule has 2 heterocycles. The Morgan fingerprint density at radius 1 is 1.19 bits per heavy atom. The molecule has 1 aliphatic carbocycles. The third kappa shape index (κ3) is 4.93. The van der Waals surface area contributed by atoms with Gasteiger partial charge in [-0.3, -0.25) is 0 Å². The van der Waals surface area contributed by atoms with Crippen molar-refractivity contribution in [2.45, 2.75) is 64.4 Å². The van der Waals surface area contributed by atoms with Gasteiger partial charge in [0.2, 0.25) is 0 Å². The van der Waals surface area contributed by atoms with E-state index in [0.717, 1.165) is 6.07 Å². The molecule has 0 amide bonds. The topological polar surface area (TPSA) is 69.3 Å². The molecule has 6 nitrogen and oxygen atoms in total. The third-order valence-electron chi connectivity index (χ3n) is 7.20. The van der Waals surface area contributed by atoms with E-state index in [-0.39, 0.29) is 28.0 Å². The van der Waals surface area contributed by atoms with Gasteiger partial charge in [-0.25, -0.2) is 13.4 Å². The molecule has 2 aliphatic rings. The summed E-state index contributed by atoms with van der Waals surface area (Å²) in [7, 11) is -5.86. The highest BCUT2D eigenvalue weighted by molar-refractivity contribution is 7.89. The molecule has 4 rings (SSSR count). The Labute approximate surface area is 211 Å². The smallest absolute Gasteiger partial charge is 0.360 e. The fourth-order valence-corrected chi connectivity index (χ4v) is 6.68. The second-order valence-corrected chi connectivity index (χ2v) is 11.9. The Balaban J connectivity index is 2.01. The summed E-state index contributed by atoms with van der Waals surface area (Å²) >= 11 is 0. The van der Waals surface area contributed by atoms with Gasteiger partial charge < -0.3 is 9.88 Å². The van der Waals surface area contributed by atoms with E-state index < -0.39 is 57.4 Å². The van der Waals surface area contributed by atoms with Gasteiger partial charge in [-0.2, -0.15) is 30.6 Å². The van der Waals surface area contributed by atoms with E-state index in [1.807, 2.05) is 13.8 Å². The van der Waals surface area contributed by atoms with Crippen LogP contribution in [0, 0.1) is 23.2 Å². The van der Waals surface area contributed by atoms with E-state index in [0.29, 0.717) is 18.5 Å². The lowest BCUT2D eigenvalue weighted by Gasteiger charge is -2.53. The van der Waals surface area contributed by atoms with Crippen molar-refractivity contribution in [3.63, 3.8) is 0 Å². The molecule has 13 heteroatoms. The van der Waals surface area contributed by atoms with Crippen molar-refractivity contribution < 1.29 is 34.8 Å². The minimum atomic E-state index is -5.86. The van der Waals surface area contributed by atoms with E-state index in [4.69, 9.17) is 0 Å². The molecule has 1 unspecified atom stereocenters. The quantitative estimate of drug-likeness (QED) is 0.417. The van der Waals surface area contributed by atoms with Crippen molar-refractivity contribution in [2.75, 3.05) is 11.4 Å². The van der Waals surface area contributed by atoms with Crippen LogP contribution in [0.15, 0.2) is 24.7 Å². The van der Waals surface area contributed by atoms with Crippen LogP contribution in [-0.4, -0.2) is 40.8 Å². The predicted molar refractivity (Wildman–Crippen MR) is 124 cm³/mol. The van der Waals surface area contributed by atoms with E-state index in [1.165, 1.54) is 25.5 Å². The van der Waals surface area contributed by atoms with E-state index >= 15 is 0 Å². The number of imidazole rings is 1. The van der Waals surface area contributed by atoms with Crippen LogP contribution in [-0.2, 0) is 29.3 Å². The molecule has 1 fully saturated rings. The highest BCUT2D eigenvalue weighted by Gasteiger charge is 2.55. The number of hydrogen-bond acceptors (Lipinski definition) is 4. The number of anilines is 1. The molecule has 2 aromatic rings. The van der Waals surface area contributed by atoms with Gasteiger partial charge in [-0.15, -0.1) is 5.92 Å². The number of aromatic nitrogens is 2. The number of benzene rings is 1. The summed E-state index contributed by atoms with van der Waals surface area (Å²) in [6.45, 7) is 3.80. The Morgan fingerprint density at radius 2 is 1.86 bits per heavy atom. The number of aromatic amines is 1. The predicted octanol–water partition coefficient (Wildman–Crippen LogP) is 5.28. The van der Waals surface area contributed by atoms with E-state index in [2.05, 4.69) is 21.8 Å². The average molecular weight is 549 g/mol. The second-order valence-electron chi connectivity index (χ2n) is 9.99. The first-order valence-electron chi connectivity index (χ1n) is 11.5. The maximum atomic E-state index is 13.9. The van der Waals surface area contributed by atoms with Gasteiger partial charge in [0.1, 0.15) is 0 Å². The van der Waals surface area contributed by atoms with Crippen LogP contribution in [0.2, 0.25) is 0 Å². The number of nitrogens with one attached hydrogen (secondary N) is 1. The van der Waals surface area contributed by atoms with E-state index in [9.17, 15) is 34.8 Å². The molecule has 0 saturated heterocycles. The number of halogens is 6. The highest BCUT2D eigenvalue weighted by Crippen LogP contribution is 2.52. The zero-order valence-corrected chi connectivity index (χ0v) is 21.2. The van der Waals surface area contributed by atoms with Crippen molar-refractivity contribution in [3.8, 4) is 11.8 Å². The molecule has 1 aliphatic heterocycles. The number of hydrogen-bond donors (Lipinski definition) is 1. The number of fused-ring (bicyclic) bond motifs is 1. The maximum absolute atomic E-state index is 13.9. The van der Waals surface area contributed by atoms with Crippen LogP contribution in [0.25, 0.3) is 0 Å². The lowest BCUT2D eigenvalue weighted by atomic mass is 9.59. The summed E-state index contributed by atoms with van der Waals surface area (Å²) in [5.41, 5.74) is -7.30. The SMILES string of the molecule is CC#Cc1c(C(F)(F)F)ccc2c1CN(S(=O)(=O)C(F)(F)F)CC(C1(C)CC(C)C1)N2Cc1cnc[nH]1. The van der Waals surface area contributed by atoms with Crippen molar-refractivity contribution in [3.05, 3.63) is 47.0 Å².